The number of Topliss-reactive ketones (excluding diaryl/α,β-unsaturated/α-hetero) is 1. The molecule has 0 atom stereocenters. The number of hydrogen-bond donors (Lipinski definition) is 1. The number of rotatable bonds is 6. The monoisotopic (exact) mass is 269 g/mol. The minimum Gasteiger partial charge on any atom is -0.489 e. The molecule has 1 aromatic rings. The first-order valence-electron chi connectivity index (χ1n) is 6.13. The maximum absolute atomic E-state index is 11.9. The zero-order valence-electron chi connectivity index (χ0n) is 11.3. The highest BCUT2D eigenvalue weighted by molar-refractivity contribution is 6.32. The third kappa shape index (κ3) is 4.67. The van der Waals surface area contributed by atoms with Gasteiger partial charge >= 0.3 is 0 Å². The van der Waals surface area contributed by atoms with Crippen LogP contribution in [-0.4, -0.2) is 24.5 Å². The third-order valence-corrected chi connectivity index (χ3v) is 2.58. The number of carbonyl (C=O) groups is 1. The van der Waals surface area contributed by atoms with Gasteiger partial charge in [-0.15, -0.1) is 0 Å². The van der Waals surface area contributed by atoms with Gasteiger partial charge < -0.3 is 10.1 Å². The lowest BCUT2D eigenvalue weighted by molar-refractivity contribution is 0.0988. The van der Waals surface area contributed by atoms with Gasteiger partial charge in [0.05, 0.1) is 17.7 Å². The summed E-state index contributed by atoms with van der Waals surface area (Å²) in [6.45, 7) is 8.18. The van der Waals surface area contributed by atoms with E-state index in [1.54, 1.807) is 18.2 Å². The Hall–Kier alpha value is -1.06. The molecule has 4 heteroatoms. The number of nitrogens with one attached hydrogen (secondary N) is 1. The Morgan fingerprint density at radius 3 is 2.50 bits per heavy atom. The maximum atomic E-state index is 11.9. The highest BCUT2D eigenvalue weighted by Gasteiger charge is 2.10. The van der Waals surface area contributed by atoms with Crippen LogP contribution < -0.4 is 10.1 Å². The first kappa shape index (κ1) is 15.0. The first-order valence-corrected chi connectivity index (χ1v) is 6.50. The van der Waals surface area contributed by atoms with Gasteiger partial charge in [-0.3, -0.25) is 4.79 Å². The third-order valence-electron chi connectivity index (χ3n) is 2.29. The zero-order valence-corrected chi connectivity index (χ0v) is 12.0. The Morgan fingerprint density at radius 2 is 2.00 bits per heavy atom. The van der Waals surface area contributed by atoms with Gasteiger partial charge in [0.2, 0.25) is 0 Å². The van der Waals surface area contributed by atoms with Crippen LogP contribution in [0.15, 0.2) is 18.2 Å². The van der Waals surface area contributed by atoms with Crippen LogP contribution in [0.25, 0.3) is 0 Å². The van der Waals surface area contributed by atoms with Gasteiger partial charge in [0.15, 0.2) is 5.78 Å². The fraction of sp³-hybridized carbons (Fsp3) is 0.500. The molecule has 0 aliphatic rings. The van der Waals surface area contributed by atoms with E-state index in [0.29, 0.717) is 22.9 Å². The molecule has 0 saturated heterocycles. The molecule has 3 nitrogen and oxygen atoms in total. The average molecular weight is 270 g/mol. The highest BCUT2D eigenvalue weighted by atomic mass is 35.5. The van der Waals surface area contributed by atoms with Crippen LogP contribution in [0.3, 0.4) is 0 Å². The minimum absolute atomic E-state index is 0.0293. The maximum Gasteiger partial charge on any atom is 0.176 e. The Bertz CT molecular complexity index is 416. The van der Waals surface area contributed by atoms with E-state index in [1.165, 1.54) is 0 Å². The molecule has 0 aliphatic heterocycles. The molecule has 0 heterocycles. The van der Waals surface area contributed by atoms with Crippen LogP contribution in [0, 0.1) is 0 Å². The van der Waals surface area contributed by atoms with Crippen molar-refractivity contribution in [3.8, 4) is 5.75 Å². The summed E-state index contributed by atoms with van der Waals surface area (Å²) in [6.07, 6.45) is 0.0617. The van der Waals surface area contributed by atoms with Crippen LogP contribution in [0.2, 0.25) is 5.02 Å². The van der Waals surface area contributed by atoms with Crippen LogP contribution in [0.4, 0.5) is 0 Å². The van der Waals surface area contributed by atoms with Crippen LogP contribution in [-0.2, 0) is 0 Å². The smallest absolute Gasteiger partial charge is 0.176 e. The van der Waals surface area contributed by atoms with Crippen molar-refractivity contribution >= 4 is 17.4 Å². The van der Waals surface area contributed by atoms with Gasteiger partial charge in [-0.05, 0) is 32.0 Å². The summed E-state index contributed by atoms with van der Waals surface area (Å²) in [6, 6.07) is 5.43. The van der Waals surface area contributed by atoms with E-state index in [0.717, 1.165) is 0 Å². The largest absolute Gasteiger partial charge is 0.489 e. The Balaban J connectivity index is 2.74. The lowest BCUT2D eigenvalue weighted by atomic mass is 10.1. The molecule has 0 aliphatic carbocycles. The normalized spacial score (nSPS) is 11.1. The SMILES string of the molecule is CC(C)NCC(=O)c1ccc(OC(C)C)c(Cl)c1. The molecular formula is C14H20ClNO2. The summed E-state index contributed by atoms with van der Waals surface area (Å²) in [5.41, 5.74) is 0.601. The van der Waals surface area contributed by atoms with E-state index in [2.05, 4.69) is 5.32 Å². The zero-order chi connectivity index (χ0) is 13.7. The number of ether oxygens (including phenoxy) is 1. The summed E-state index contributed by atoms with van der Waals surface area (Å²) in [7, 11) is 0. The van der Waals surface area contributed by atoms with Gasteiger partial charge in [0.25, 0.3) is 0 Å². The van der Waals surface area contributed by atoms with Gasteiger partial charge in [0, 0.05) is 11.6 Å². The average Bonchev–Trinajstić information content (AvgIpc) is 2.28. The summed E-state index contributed by atoms with van der Waals surface area (Å²) in [4.78, 5) is 11.9. The molecule has 0 fully saturated rings. The fourth-order valence-electron chi connectivity index (χ4n) is 1.42. The molecule has 0 amide bonds. The van der Waals surface area contributed by atoms with Crippen molar-refractivity contribution in [3.63, 3.8) is 0 Å². The lowest BCUT2D eigenvalue weighted by Gasteiger charge is -2.12. The van der Waals surface area contributed by atoms with Crippen molar-refractivity contribution in [1.82, 2.24) is 5.32 Å². The second-order valence-electron chi connectivity index (χ2n) is 4.77. The van der Waals surface area contributed by atoms with E-state index in [1.807, 2.05) is 27.7 Å². The Kier molecular flexibility index (Phi) is 5.63. The van der Waals surface area contributed by atoms with E-state index in [9.17, 15) is 4.79 Å². The van der Waals surface area contributed by atoms with Crippen molar-refractivity contribution in [2.75, 3.05) is 6.54 Å². The van der Waals surface area contributed by atoms with Crippen molar-refractivity contribution in [2.45, 2.75) is 39.8 Å². The molecule has 0 radical (unpaired) electrons. The van der Waals surface area contributed by atoms with Crippen molar-refractivity contribution < 1.29 is 9.53 Å². The standard InChI is InChI=1S/C14H20ClNO2/c1-9(2)16-8-13(17)11-5-6-14(12(15)7-11)18-10(3)4/h5-7,9-10,16H,8H2,1-4H3. The number of halogens is 1. The summed E-state index contributed by atoms with van der Waals surface area (Å²) >= 11 is 6.08. The number of hydrogen-bond acceptors (Lipinski definition) is 3. The van der Waals surface area contributed by atoms with E-state index >= 15 is 0 Å². The van der Waals surface area contributed by atoms with Gasteiger partial charge in [-0.1, -0.05) is 25.4 Å². The molecule has 1 N–H and O–H groups in total. The van der Waals surface area contributed by atoms with Crippen molar-refractivity contribution in [2.24, 2.45) is 0 Å². The summed E-state index contributed by atoms with van der Waals surface area (Å²) in [5, 5.41) is 3.56. The molecule has 1 aromatic carbocycles. The van der Waals surface area contributed by atoms with E-state index in [4.69, 9.17) is 16.3 Å². The van der Waals surface area contributed by atoms with Gasteiger partial charge in [-0.25, -0.2) is 0 Å². The predicted octanol–water partition coefficient (Wildman–Crippen LogP) is 3.31. The molecular weight excluding hydrogens is 250 g/mol. The Labute approximate surface area is 113 Å². The first-order chi connectivity index (χ1) is 8.40. The van der Waals surface area contributed by atoms with Crippen LogP contribution in [0.5, 0.6) is 5.75 Å². The molecule has 0 saturated carbocycles. The molecule has 100 valence electrons. The molecule has 0 bridgehead atoms. The van der Waals surface area contributed by atoms with Gasteiger partial charge in [-0.2, -0.15) is 0 Å². The number of ketones is 1. The summed E-state index contributed by atoms with van der Waals surface area (Å²) in [5.74, 6) is 0.640. The number of carbonyl (C=O) groups excluding carboxylic acids is 1. The van der Waals surface area contributed by atoms with Crippen LogP contribution >= 0.6 is 11.6 Å². The minimum atomic E-state index is 0.0293. The molecule has 18 heavy (non-hydrogen) atoms. The molecule has 1 rings (SSSR count). The van der Waals surface area contributed by atoms with Crippen molar-refractivity contribution in [3.05, 3.63) is 28.8 Å². The second kappa shape index (κ2) is 6.76. The molecule has 0 spiro atoms. The van der Waals surface area contributed by atoms with Crippen molar-refractivity contribution in [1.29, 1.82) is 0 Å². The van der Waals surface area contributed by atoms with Crippen LogP contribution in [0.1, 0.15) is 38.1 Å². The molecule has 0 unspecified atom stereocenters. The second-order valence-corrected chi connectivity index (χ2v) is 5.18. The Morgan fingerprint density at radius 1 is 1.33 bits per heavy atom. The quantitative estimate of drug-likeness (QED) is 0.805. The number of benzene rings is 1. The topological polar surface area (TPSA) is 38.3 Å². The molecule has 0 aromatic heterocycles. The van der Waals surface area contributed by atoms with E-state index < -0.39 is 0 Å². The highest BCUT2D eigenvalue weighted by Crippen LogP contribution is 2.26. The fourth-order valence-corrected chi connectivity index (χ4v) is 1.65. The van der Waals surface area contributed by atoms with E-state index in [-0.39, 0.29) is 17.9 Å². The predicted molar refractivity (Wildman–Crippen MR) is 74.7 cm³/mol. The summed E-state index contributed by atoms with van der Waals surface area (Å²) < 4.78 is 5.52. The van der Waals surface area contributed by atoms with Gasteiger partial charge in [0.1, 0.15) is 5.75 Å². The lowest BCUT2D eigenvalue weighted by Crippen LogP contribution is -2.29.